The minimum atomic E-state index is -0.628. The molecule has 0 radical (unpaired) electrons. The molecular formula is C17H26ClN3O2. The molecule has 1 aromatic rings. The number of aryl methyl sites for hydroxylation is 2. The lowest BCUT2D eigenvalue weighted by atomic mass is 9.95. The van der Waals surface area contributed by atoms with Crippen LogP contribution in [0.25, 0.3) is 0 Å². The van der Waals surface area contributed by atoms with Gasteiger partial charge in [0.05, 0.1) is 19.2 Å². The van der Waals surface area contributed by atoms with Crippen molar-refractivity contribution in [3.8, 4) is 0 Å². The highest BCUT2D eigenvalue weighted by molar-refractivity contribution is 6.31. The predicted molar refractivity (Wildman–Crippen MR) is 92.1 cm³/mol. The van der Waals surface area contributed by atoms with Crippen LogP contribution in [-0.2, 0) is 16.1 Å². The smallest absolute Gasteiger partial charge is 0.228 e. The van der Waals surface area contributed by atoms with Crippen molar-refractivity contribution in [2.24, 2.45) is 5.73 Å². The van der Waals surface area contributed by atoms with Gasteiger partial charge in [0.25, 0.3) is 0 Å². The Hall–Kier alpha value is -1.14. The number of nitrogens with zero attached hydrogens (tertiary/aromatic N) is 2. The molecule has 1 saturated heterocycles. The normalized spacial score (nSPS) is 18.0. The molecule has 0 bridgehead atoms. The van der Waals surface area contributed by atoms with Gasteiger partial charge in [-0.15, -0.1) is 0 Å². The van der Waals surface area contributed by atoms with Crippen LogP contribution in [0.4, 0.5) is 0 Å². The number of halogens is 1. The Balaban J connectivity index is 2.09. The van der Waals surface area contributed by atoms with Gasteiger partial charge in [0.15, 0.2) is 0 Å². The Labute approximate surface area is 143 Å². The van der Waals surface area contributed by atoms with Gasteiger partial charge >= 0.3 is 0 Å². The maximum Gasteiger partial charge on any atom is 0.228 e. The maximum absolute atomic E-state index is 12.7. The lowest BCUT2D eigenvalue weighted by molar-refractivity contribution is -0.166. The molecule has 6 heteroatoms. The molecule has 1 aliphatic heterocycles. The van der Waals surface area contributed by atoms with Crippen molar-refractivity contribution in [2.75, 3.05) is 27.2 Å². The summed E-state index contributed by atoms with van der Waals surface area (Å²) in [5, 5.41) is 2.51. The number of hydrogen-bond donors (Lipinski definition) is 1. The molecular weight excluding hydrogens is 314 g/mol. The molecule has 0 saturated carbocycles. The van der Waals surface area contributed by atoms with E-state index in [9.17, 15) is 4.79 Å². The average Bonchev–Trinajstić information content (AvgIpc) is 2.50. The van der Waals surface area contributed by atoms with Crippen LogP contribution < -0.4 is 5.73 Å². The summed E-state index contributed by atoms with van der Waals surface area (Å²) in [5.41, 5.74) is 8.85. The number of hydrogen-bond acceptors (Lipinski definition) is 4. The highest BCUT2D eigenvalue weighted by Gasteiger charge is 2.37. The monoisotopic (exact) mass is 339 g/mol. The highest BCUT2D eigenvalue weighted by Crippen LogP contribution is 2.26. The van der Waals surface area contributed by atoms with Crippen molar-refractivity contribution in [1.82, 2.24) is 9.96 Å². The van der Waals surface area contributed by atoms with Crippen molar-refractivity contribution in [3.05, 3.63) is 33.8 Å². The van der Waals surface area contributed by atoms with Crippen LogP contribution in [0.2, 0.25) is 5.02 Å². The molecule has 1 aliphatic rings. The second-order valence-electron chi connectivity index (χ2n) is 6.39. The first-order chi connectivity index (χ1) is 10.8. The van der Waals surface area contributed by atoms with E-state index in [1.165, 1.54) is 0 Å². The molecule has 1 aromatic carbocycles. The van der Waals surface area contributed by atoms with Gasteiger partial charge in [-0.05, 0) is 49.4 Å². The Morgan fingerprint density at radius 1 is 1.39 bits per heavy atom. The molecule has 1 amide bonds. The summed E-state index contributed by atoms with van der Waals surface area (Å²) in [5.74, 6) is -0.00720. The van der Waals surface area contributed by atoms with E-state index in [-0.39, 0.29) is 12.3 Å². The number of benzene rings is 1. The van der Waals surface area contributed by atoms with Gasteiger partial charge in [-0.25, -0.2) is 0 Å². The maximum atomic E-state index is 12.7. The summed E-state index contributed by atoms with van der Waals surface area (Å²) < 4.78 is 0. The quantitative estimate of drug-likeness (QED) is 0.855. The molecule has 23 heavy (non-hydrogen) atoms. The summed E-state index contributed by atoms with van der Waals surface area (Å²) in [4.78, 5) is 19.6. The van der Waals surface area contributed by atoms with Crippen LogP contribution in [0.15, 0.2) is 12.1 Å². The van der Waals surface area contributed by atoms with E-state index >= 15 is 0 Å². The second-order valence-corrected chi connectivity index (χ2v) is 6.79. The van der Waals surface area contributed by atoms with Gasteiger partial charge in [0.2, 0.25) is 5.91 Å². The van der Waals surface area contributed by atoms with Gasteiger partial charge in [-0.2, -0.15) is 5.06 Å². The molecule has 2 N–H and O–H groups in total. The number of rotatable bonds is 4. The fourth-order valence-electron chi connectivity index (χ4n) is 3.08. The Bertz CT molecular complexity index is 560. The molecule has 0 spiro atoms. The zero-order chi connectivity index (χ0) is 17.2. The third-order valence-corrected chi connectivity index (χ3v) is 5.12. The standard InChI is InChI=1S/C17H26ClN3O2/c1-12-9-13(2)14(15(18)10-12)11-16(22)20(3)17(19)5-7-21(23-4)8-6-17/h9-10H,5-8,11,19H2,1-4H3. The van der Waals surface area contributed by atoms with Crippen LogP contribution >= 0.6 is 11.6 Å². The summed E-state index contributed by atoms with van der Waals surface area (Å²) >= 11 is 6.32. The number of nitrogens with two attached hydrogens (primary N) is 1. The number of hydroxylamine groups is 2. The molecule has 2 rings (SSSR count). The topological polar surface area (TPSA) is 58.8 Å². The second kappa shape index (κ2) is 7.18. The van der Waals surface area contributed by atoms with Gasteiger partial charge in [-0.3, -0.25) is 4.79 Å². The molecule has 5 nitrogen and oxygen atoms in total. The molecule has 128 valence electrons. The number of carbonyl (C=O) groups excluding carboxylic acids is 1. The third kappa shape index (κ3) is 4.04. The van der Waals surface area contributed by atoms with Crippen LogP contribution in [0.1, 0.15) is 29.5 Å². The van der Waals surface area contributed by atoms with Crippen LogP contribution in [0.3, 0.4) is 0 Å². The summed E-state index contributed by atoms with van der Waals surface area (Å²) in [6.45, 7) is 5.41. The lowest BCUT2D eigenvalue weighted by Crippen LogP contribution is -2.61. The number of likely N-dealkylation sites (N-methyl/N-ethyl adjacent to an activating group) is 1. The minimum Gasteiger partial charge on any atom is -0.327 e. The van der Waals surface area contributed by atoms with E-state index in [0.717, 1.165) is 29.8 Å². The first kappa shape index (κ1) is 18.2. The van der Waals surface area contributed by atoms with Crippen molar-refractivity contribution in [1.29, 1.82) is 0 Å². The molecule has 0 unspecified atom stereocenters. The van der Waals surface area contributed by atoms with E-state index in [1.54, 1.807) is 19.1 Å². The van der Waals surface area contributed by atoms with Crippen LogP contribution in [-0.4, -0.2) is 48.8 Å². The van der Waals surface area contributed by atoms with E-state index in [4.69, 9.17) is 22.2 Å². The SMILES string of the molecule is CON1CCC(N)(N(C)C(=O)Cc2c(C)cc(C)cc2Cl)CC1. The predicted octanol–water partition coefficient (Wildman–Crippen LogP) is 2.27. The number of carbonyl (C=O) groups is 1. The van der Waals surface area contributed by atoms with Crippen molar-refractivity contribution in [3.63, 3.8) is 0 Å². The summed E-state index contributed by atoms with van der Waals surface area (Å²) in [6.07, 6.45) is 1.64. The molecule has 0 atom stereocenters. The van der Waals surface area contributed by atoms with E-state index < -0.39 is 5.66 Å². The van der Waals surface area contributed by atoms with Gasteiger partial charge in [-0.1, -0.05) is 17.7 Å². The summed E-state index contributed by atoms with van der Waals surface area (Å²) in [6, 6.07) is 3.94. The fraction of sp³-hybridized carbons (Fsp3) is 0.588. The van der Waals surface area contributed by atoms with Crippen LogP contribution in [0.5, 0.6) is 0 Å². The lowest BCUT2D eigenvalue weighted by Gasteiger charge is -2.44. The van der Waals surface area contributed by atoms with E-state index in [1.807, 2.05) is 31.0 Å². The Kier molecular flexibility index (Phi) is 5.68. The minimum absolute atomic E-state index is 0.00720. The van der Waals surface area contributed by atoms with Gasteiger partial charge < -0.3 is 15.5 Å². The average molecular weight is 340 g/mol. The van der Waals surface area contributed by atoms with Crippen molar-refractivity contribution in [2.45, 2.75) is 38.8 Å². The summed E-state index contributed by atoms with van der Waals surface area (Å²) in [7, 11) is 3.43. The Morgan fingerprint density at radius 2 is 2.00 bits per heavy atom. The van der Waals surface area contributed by atoms with E-state index in [0.29, 0.717) is 17.9 Å². The first-order valence-electron chi connectivity index (χ1n) is 7.87. The zero-order valence-corrected chi connectivity index (χ0v) is 15.1. The number of piperidine rings is 1. The molecule has 1 fully saturated rings. The number of amides is 1. The van der Waals surface area contributed by atoms with Crippen molar-refractivity contribution < 1.29 is 9.63 Å². The highest BCUT2D eigenvalue weighted by atomic mass is 35.5. The Morgan fingerprint density at radius 3 is 2.52 bits per heavy atom. The van der Waals surface area contributed by atoms with Gasteiger partial charge in [0, 0.05) is 25.2 Å². The largest absolute Gasteiger partial charge is 0.327 e. The van der Waals surface area contributed by atoms with Crippen molar-refractivity contribution >= 4 is 17.5 Å². The first-order valence-corrected chi connectivity index (χ1v) is 8.25. The molecule has 1 heterocycles. The van der Waals surface area contributed by atoms with Crippen LogP contribution in [0, 0.1) is 13.8 Å². The zero-order valence-electron chi connectivity index (χ0n) is 14.4. The van der Waals surface area contributed by atoms with Gasteiger partial charge in [0.1, 0.15) is 0 Å². The van der Waals surface area contributed by atoms with E-state index in [2.05, 4.69) is 0 Å². The molecule has 0 aromatic heterocycles. The molecule has 0 aliphatic carbocycles. The third-order valence-electron chi connectivity index (χ3n) is 4.78. The fourth-order valence-corrected chi connectivity index (χ4v) is 3.47.